The van der Waals surface area contributed by atoms with E-state index in [2.05, 4.69) is 24.3 Å². The third-order valence-corrected chi connectivity index (χ3v) is 6.28. The van der Waals surface area contributed by atoms with Crippen LogP contribution in [0.3, 0.4) is 0 Å². The number of carbonyl (C=O) groups is 2. The van der Waals surface area contributed by atoms with Crippen LogP contribution < -0.4 is 0 Å². The van der Waals surface area contributed by atoms with Crippen LogP contribution in [0.5, 0.6) is 0 Å². The van der Waals surface area contributed by atoms with Gasteiger partial charge in [-0.3, -0.25) is 9.69 Å². The van der Waals surface area contributed by atoms with Gasteiger partial charge in [-0.1, -0.05) is 72.8 Å². The number of aliphatic hydroxyl groups excluding tert-OH is 1. The lowest BCUT2D eigenvalue weighted by Gasteiger charge is -2.30. The molecule has 3 aromatic carbocycles. The quantitative estimate of drug-likeness (QED) is 0.596. The van der Waals surface area contributed by atoms with Crippen LogP contribution in [0.25, 0.3) is 10.8 Å². The fraction of sp³-hybridized carbons (Fsp3) is 0.333. The van der Waals surface area contributed by atoms with Crippen molar-refractivity contribution in [2.75, 3.05) is 19.6 Å². The van der Waals surface area contributed by atoms with E-state index in [1.54, 1.807) is 4.90 Å². The Balaban J connectivity index is 1.42. The molecule has 6 heteroatoms. The third kappa shape index (κ3) is 5.17. The number of benzene rings is 3. The van der Waals surface area contributed by atoms with Crippen molar-refractivity contribution in [1.29, 1.82) is 0 Å². The van der Waals surface area contributed by atoms with Gasteiger partial charge in [-0.2, -0.15) is 0 Å². The summed E-state index contributed by atoms with van der Waals surface area (Å²) in [7, 11) is 0. The fourth-order valence-electron chi connectivity index (χ4n) is 4.46. The monoisotopic (exact) mass is 446 g/mol. The van der Waals surface area contributed by atoms with Crippen molar-refractivity contribution >= 4 is 22.8 Å². The molecule has 1 N–H and O–H groups in total. The van der Waals surface area contributed by atoms with Gasteiger partial charge in [0.1, 0.15) is 12.6 Å². The number of fused-ring (bicyclic) bond motifs is 1. The van der Waals surface area contributed by atoms with E-state index in [4.69, 9.17) is 4.74 Å². The summed E-state index contributed by atoms with van der Waals surface area (Å²) >= 11 is 0. The summed E-state index contributed by atoms with van der Waals surface area (Å²) in [4.78, 5) is 29.2. The number of amides is 2. The van der Waals surface area contributed by atoms with Gasteiger partial charge in [0, 0.05) is 19.6 Å². The van der Waals surface area contributed by atoms with Gasteiger partial charge in [0.2, 0.25) is 5.91 Å². The van der Waals surface area contributed by atoms with Crippen LogP contribution in [0, 0.1) is 0 Å². The van der Waals surface area contributed by atoms with Crippen LogP contribution in [0.4, 0.5) is 4.79 Å². The van der Waals surface area contributed by atoms with Crippen molar-refractivity contribution in [3.8, 4) is 0 Å². The third-order valence-electron chi connectivity index (χ3n) is 6.28. The van der Waals surface area contributed by atoms with Crippen molar-refractivity contribution in [2.24, 2.45) is 0 Å². The fourth-order valence-corrected chi connectivity index (χ4v) is 4.46. The minimum absolute atomic E-state index is 0.131. The molecule has 0 aliphatic carbocycles. The molecule has 0 spiro atoms. The van der Waals surface area contributed by atoms with E-state index >= 15 is 0 Å². The lowest BCUT2D eigenvalue weighted by atomic mass is 10.0. The highest BCUT2D eigenvalue weighted by molar-refractivity contribution is 5.88. The number of likely N-dealkylation sites (N-methyl/N-ethyl adjacent to an activating group) is 1. The number of carbonyl (C=O) groups excluding carboxylic acids is 2. The molecule has 1 heterocycles. The number of rotatable bonds is 7. The van der Waals surface area contributed by atoms with E-state index in [1.165, 1.54) is 21.2 Å². The van der Waals surface area contributed by atoms with Gasteiger partial charge in [-0.15, -0.1) is 0 Å². The number of hydrogen-bond donors (Lipinski definition) is 1. The maximum absolute atomic E-state index is 13.4. The molecule has 6 nitrogen and oxygen atoms in total. The lowest BCUT2D eigenvalue weighted by Crippen LogP contribution is -2.52. The highest BCUT2D eigenvalue weighted by Gasteiger charge is 2.43. The van der Waals surface area contributed by atoms with Crippen LogP contribution in [0.2, 0.25) is 0 Å². The number of aliphatic hydroxyl groups is 1. The average Bonchev–Trinajstić information content (AvgIpc) is 3.24. The van der Waals surface area contributed by atoms with Crippen LogP contribution in [0.15, 0.2) is 72.8 Å². The molecule has 0 aromatic heterocycles. The molecule has 1 saturated heterocycles. The Morgan fingerprint density at radius 1 is 1.03 bits per heavy atom. The maximum atomic E-state index is 13.4. The van der Waals surface area contributed by atoms with Gasteiger partial charge in [-0.05, 0) is 41.7 Å². The standard InChI is InChI=1S/C27H30N2O4/c1-2-28(17-15-22-13-8-12-21-11-6-7-14-23(21)22)26(31)25-24(30)16-18-29(25)27(32)33-19-20-9-4-3-5-10-20/h3-14,24-25,30H,2,15-19H2,1H3/t24?,25-/m0/s1. The first-order valence-electron chi connectivity index (χ1n) is 11.5. The summed E-state index contributed by atoms with van der Waals surface area (Å²) in [5.74, 6) is -0.237. The van der Waals surface area contributed by atoms with Gasteiger partial charge in [-0.25, -0.2) is 4.79 Å². The zero-order valence-corrected chi connectivity index (χ0v) is 18.9. The summed E-state index contributed by atoms with van der Waals surface area (Å²) in [6, 6.07) is 22.9. The van der Waals surface area contributed by atoms with Crippen molar-refractivity contribution in [3.63, 3.8) is 0 Å². The number of ether oxygens (including phenoxy) is 1. The van der Waals surface area contributed by atoms with Crippen molar-refractivity contribution in [2.45, 2.75) is 38.5 Å². The summed E-state index contributed by atoms with van der Waals surface area (Å²) < 4.78 is 5.44. The molecule has 1 aliphatic rings. The van der Waals surface area contributed by atoms with E-state index < -0.39 is 18.2 Å². The minimum Gasteiger partial charge on any atom is -0.445 e. The number of nitrogens with zero attached hydrogens (tertiary/aromatic N) is 2. The van der Waals surface area contributed by atoms with Crippen LogP contribution >= 0.6 is 0 Å². The highest BCUT2D eigenvalue weighted by Crippen LogP contribution is 2.23. The molecule has 1 unspecified atom stereocenters. The largest absolute Gasteiger partial charge is 0.445 e. The van der Waals surface area contributed by atoms with Gasteiger partial charge in [0.15, 0.2) is 0 Å². The van der Waals surface area contributed by atoms with Gasteiger partial charge < -0.3 is 14.7 Å². The van der Waals surface area contributed by atoms with Gasteiger partial charge in [0.05, 0.1) is 6.10 Å². The number of likely N-dealkylation sites (tertiary alicyclic amines) is 1. The average molecular weight is 447 g/mol. The molecular weight excluding hydrogens is 416 g/mol. The Morgan fingerprint density at radius 3 is 2.55 bits per heavy atom. The molecule has 1 fully saturated rings. The Bertz CT molecular complexity index is 1100. The molecule has 4 rings (SSSR count). The zero-order chi connectivity index (χ0) is 23.2. The van der Waals surface area contributed by atoms with E-state index in [0.717, 1.165) is 5.56 Å². The molecule has 33 heavy (non-hydrogen) atoms. The Morgan fingerprint density at radius 2 is 1.76 bits per heavy atom. The molecule has 1 aliphatic heterocycles. The van der Waals surface area contributed by atoms with E-state index in [9.17, 15) is 14.7 Å². The number of hydrogen-bond acceptors (Lipinski definition) is 4. The molecular formula is C27H30N2O4. The minimum atomic E-state index is -0.916. The molecule has 0 saturated carbocycles. The predicted octanol–water partition coefficient (Wildman–Crippen LogP) is 4.00. The molecule has 2 atom stereocenters. The van der Waals surface area contributed by atoms with Crippen LogP contribution in [-0.4, -0.2) is 58.7 Å². The molecule has 172 valence electrons. The van der Waals surface area contributed by atoms with E-state index in [0.29, 0.717) is 32.5 Å². The van der Waals surface area contributed by atoms with Gasteiger partial charge >= 0.3 is 6.09 Å². The molecule has 3 aromatic rings. The second-order valence-corrected chi connectivity index (χ2v) is 8.34. The van der Waals surface area contributed by atoms with Gasteiger partial charge in [0.25, 0.3) is 0 Å². The molecule has 0 radical (unpaired) electrons. The highest BCUT2D eigenvalue weighted by atomic mass is 16.6. The first kappa shape index (κ1) is 22.8. The Labute approximate surface area is 194 Å². The zero-order valence-electron chi connectivity index (χ0n) is 18.9. The SMILES string of the molecule is CCN(CCc1cccc2ccccc12)C(=O)[C@@H]1C(O)CCN1C(=O)OCc1ccccc1. The molecule has 0 bridgehead atoms. The van der Waals surface area contributed by atoms with Crippen LogP contribution in [0.1, 0.15) is 24.5 Å². The van der Waals surface area contributed by atoms with Crippen molar-refractivity contribution < 1.29 is 19.4 Å². The molecule has 2 amide bonds. The van der Waals surface area contributed by atoms with E-state index in [1.807, 2.05) is 55.5 Å². The van der Waals surface area contributed by atoms with Crippen molar-refractivity contribution in [1.82, 2.24) is 9.80 Å². The summed E-state index contributed by atoms with van der Waals surface area (Å²) in [6.45, 7) is 3.36. The second-order valence-electron chi connectivity index (χ2n) is 8.34. The normalized spacial score (nSPS) is 17.8. The predicted molar refractivity (Wildman–Crippen MR) is 128 cm³/mol. The first-order chi connectivity index (χ1) is 16.1. The Hall–Kier alpha value is -3.38. The maximum Gasteiger partial charge on any atom is 0.410 e. The summed E-state index contributed by atoms with van der Waals surface area (Å²) in [5, 5.41) is 12.9. The Kier molecular flexibility index (Phi) is 7.25. The van der Waals surface area contributed by atoms with Crippen molar-refractivity contribution in [3.05, 3.63) is 83.9 Å². The second kappa shape index (κ2) is 10.5. The smallest absolute Gasteiger partial charge is 0.410 e. The lowest BCUT2D eigenvalue weighted by molar-refractivity contribution is -0.138. The van der Waals surface area contributed by atoms with Crippen LogP contribution in [-0.2, 0) is 22.6 Å². The topological polar surface area (TPSA) is 70.1 Å². The first-order valence-corrected chi connectivity index (χ1v) is 11.5. The van der Waals surface area contributed by atoms with E-state index in [-0.39, 0.29) is 12.5 Å². The summed E-state index contributed by atoms with van der Waals surface area (Å²) in [6.07, 6.45) is -0.410. The summed E-state index contributed by atoms with van der Waals surface area (Å²) in [5.41, 5.74) is 2.05.